The van der Waals surface area contributed by atoms with Crippen LogP contribution in [-0.2, 0) is 33.8 Å². The van der Waals surface area contributed by atoms with E-state index in [-0.39, 0.29) is 13.2 Å². The summed E-state index contributed by atoms with van der Waals surface area (Å²) >= 11 is 13.5. The number of nitrogens with zero attached hydrogens (tertiary/aromatic N) is 1. The van der Waals surface area contributed by atoms with Gasteiger partial charge in [0, 0.05) is 26.0 Å². The van der Waals surface area contributed by atoms with Crippen LogP contribution in [0.3, 0.4) is 0 Å². The van der Waals surface area contributed by atoms with Crippen molar-refractivity contribution in [2.45, 2.75) is 46.1 Å². The molecule has 2 N–H and O–H groups in total. The fourth-order valence-electron chi connectivity index (χ4n) is 4.29. The number of hydrazone groups is 1. The Morgan fingerprint density at radius 2 is 1.80 bits per heavy atom. The van der Waals surface area contributed by atoms with Crippen LogP contribution in [0.4, 0.5) is 5.00 Å². The van der Waals surface area contributed by atoms with E-state index in [9.17, 15) is 14.4 Å². The van der Waals surface area contributed by atoms with Gasteiger partial charge in [-0.2, -0.15) is 5.10 Å². The first-order valence-electron chi connectivity index (χ1n) is 12.9. The zero-order valence-electron chi connectivity index (χ0n) is 22.8. The second-order valence-corrected chi connectivity index (χ2v) is 11.1. The van der Waals surface area contributed by atoms with Gasteiger partial charge in [0.25, 0.3) is 0 Å². The first kappa shape index (κ1) is 30.4. The highest BCUT2D eigenvalue weighted by atomic mass is 35.5. The van der Waals surface area contributed by atoms with E-state index in [0.29, 0.717) is 43.4 Å². The van der Waals surface area contributed by atoms with Gasteiger partial charge in [-0.25, -0.2) is 10.2 Å². The number of hydrogen-bond donors (Lipinski definition) is 2. The first-order chi connectivity index (χ1) is 19.7. The maximum Gasteiger partial charge on any atom is 0.341 e. The number of halogens is 2. The van der Waals surface area contributed by atoms with E-state index in [1.807, 2.05) is 0 Å². The monoisotopic (exact) mass is 617 g/mol. The van der Waals surface area contributed by atoms with Crippen LogP contribution in [0.2, 0.25) is 10.0 Å². The molecule has 2 aromatic carbocycles. The summed E-state index contributed by atoms with van der Waals surface area (Å²) in [5.74, 6) is -1.49. The summed E-state index contributed by atoms with van der Waals surface area (Å²) in [4.78, 5) is 38.9. The molecule has 216 valence electrons. The Kier molecular flexibility index (Phi) is 10.3. The molecule has 0 saturated carbocycles. The van der Waals surface area contributed by atoms with Gasteiger partial charge < -0.3 is 19.5 Å². The number of rotatable bonds is 9. The van der Waals surface area contributed by atoms with E-state index >= 15 is 0 Å². The number of aryl methyl sites for hydroxylation is 1. The number of benzene rings is 2. The smallest absolute Gasteiger partial charge is 0.341 e. The lowest BCUT2D eigenvalue weighted by atomic mass is 9.95. The van der Waals surface area contributed by atoms with Gasteiger partial charge >= 0.3 is 17.8 Å². The third-order valence-electron chi connectivity index (χ3n) is 6.39. The predicted octanol–water partition coefficient (Wildman–Crippen LogP) is 6.18. The van der Waals surface area contributed by atoms with Crippen LogP contribution in [0, 0.1) is 0 Å². The lowest BCUT2D eigenvalue weighted by Crippen LogP contribution is -2.33. The van der Waals surface area contributed by atoms with E-state index in [1.54, 1.807) is 50.2 Å². The highest BCUT2D eigenvalue weighted by Gasteiger charge is 2.28. The molecule has 3 aromatic rings. The molecule has 1 aromatic heterocycles. The highest BCUT2D eigenvalue weighted by Crippen LogP contribution is 2.38. The van der Waals surface area contributed by atoms with Gasteiger partial charge in [0.2, 0.25) is 0 Å². The van der Waals surface area contributed by atoms with Crippen molar-refractivity contribution in [3.63, 3.8) is 0 Å². The number of thiophene rings is 1. The normalized spacial score (nSPS) is 12.8. The topological polar surface area (TPSA) is 115 Å². The van der Waals surface area contributed by atoms with Crippen molar-refractivity contribution in [3.8, 4) is 11.5 Å². The van der Waals surface area contributed by atoms with Gasteiger partial charge in [0.05, 0.1) is 25.0 Å². The van der Waals surface area contributed by atoms with Crippen molar-refractivity contribution in [1.29, 1.82) is 0 Å². The number of anilines is 1. The maximum absolute atomic E-state index is 12.7. The Labute approximate surface area is 251 Å². The number of hydrogen-bond acceptors (Lipinski definition) is 8. The third-order valence-corrected chi connectivity index (χ3v) is 8.18. The fourth-order valence-corrected chi connectivity index (χ4v) is 6.02. The van der Waals surface area contributed by atoms with Gasteiger partial charge in [-0.1, -0.05) is 29.3 Å². The molecule has 1 aliphatic rings. The summed E-state index contributed by atoms with van der Waals surface area (Å²) in [6, 6.07) is 10.3. The summed E-state index contributed by atoms with van der Waals surface area (Å²) in [5.41, 5.74) is 5.32. The standard InChI is InChI=1S/C29H29Cl2N3O6S/c1-4-39-29(37)25-20-7-5-6-8-24(20)41-28(25)32-26(35)27(36)34-33-16(2)17-10-12-22(23(13-17)38-3)40-15-18-9-11-19(30)14-21(18)31/h9-14H,4-8,15H2,1-3H3,(H,32,35)(H,34,36)/b33-16+. The van der Waals surface area contributed by atoms with Crippen molar-refractivity contribution in [2.24, 2.45) is 5.10 Å². The zero-order chi connectivity index (χ0) is 29.5. The van der Waals surface area contributed by atoms with Gasteiger partial charge in [-0.15, -0.1) is 11.3 Å². The lowest BCUT2D eigenvalue weighted by Gasteiger charge is -2.13. The molecule has 2 amide bonds. The minimum absolute atomic E-state index is 0.203. The fraction of sp³-hybridized carbons (Fsp3) is 0.310. The molecule has 0 bridgehead atoms. The van der Waals surface area contributed by atoms with Crippen LogP contribution < -0.4 is 20.2 Å². The molecule has 9 nitrogen and oxygen atoms in total. The van der Waals surface area contributed by atoms with Crippen LogP contribution in [0.25, 0.3) is 0 Å². The second-order valence-electron chi connectivity index (χ2n) is 9.12. The largest absolute Gasteiger partial charge is 0.493 e. The number of fused-ring (bicyclic) bond motifs is 1. The third kappa shape index (κ3) is 7.38. The molecule has 0 radical (unpaired) electrons. The minimum Gasteiger partial charge on any atom is -0.493 e. The SMILES string of the molecule is CCOC(=O)c1c(NC(=O)C(=O)N/N=C(\C)c2ccc(OCc3ccc(Cl)cc3Cl)c(OC)c2)sc2c1CCCC2. The van der Waals surface area contributed by atoms with Gasteiger partial charge in [-0.05, 0) is 75.4 Å². The number of esters is 1. The van der Waals surface area contributed by atoms with E-state index < -0.39 is 17.8 Å². The Bertz CT molecular complexity index is 1500. The Hall–Kier alpha value is -3.60. The van der Waals surface area contributed by atoms with E-state index in [2.05, 4.69) is 15.8 Å². The van der Waals surface area contributed by atoms with E-state index in [0.717, 1.165) is 41.7 Å². The van der Waals surface area contributed by atoms with Crippen LogP contribution in [0.5, 0.6) is 11.5 Å². The molecule has 12 heteroatoms. The predicted molar refractivity (Wildman–Crippen MR) is 160 cm³/mol. The van der Waals surface area contributed by atoms with Crippen molar-refractivity contribution < 1.29 is 28.6 Å². The van der Waals surface area contributed by atoms with Crippen LogP contribution in [0.15, 0.2) is 41.5 Å². The minimum atomic E-state index is -0.975. The molecule has 4 rings (SSSR count). The average molecular weight is 619 g/mol. The molecule has 0 saturated heterocycles. The zero-order valence-corrected chi connectivity index (χ0v) is 25.1. The second kappa shape index (κ2) is 13.8. The molecule has 1 aliphatic carbocycles. The van der Waals surface area contributed by atoms with E-state index in [1.165, 1.54) is 18.4 Å². The summed E-state index contributed by atoms with van der Waals surface area (Å²) in [6.07, 6.45) is 3.51. The number of carbonyl (C=O) groups is 3. The van der Waals surface area contributed by atoms with Crippen molar-refractivity contribution >= 4 is 63.0 Å². The summed E-state index contributed by atoms with van der Waals surface area (Å²) in [6.45, 7) is 3.80. The van der Waals surface area contributed by atoms with Gasteiger partial charge in [0.1, 0.15) is 11.6 Å². The highest BCUT2D eigenvalue weighted by molar-refractivity contribution is 7.17. The molecule has 0 atom stereocenters. The van der Waals surface area contributed by atoms with Crippen molar-refractivity contribution in [2.75, 3.05) is 19.0 Å². The summed E-state index contributed by atoms with van der Waals surface area (Å²) in [5, 5.41) is 7.99. The van der Waals surface area contributed by atoms with E-state index in [4.69, 9.17) is 37.4 Å². The number of methoxy groups -OCH3 is 1. The lowest BCUT2D eigenvalue weighted by molar-refractivity contribution is -0.136. The number of ether oxygens (including phenoxy) is 3. The summed E-state index contributed by atoms with van der Waals surface area (Å²) in [7, 11) is 1.51. The quantitative estimate of drug-likeness (QED) is 0.128. The molecule has 0 fully saturated rings. The Balaban J connectivity index is 1.42. The average Bonchev–Trinajstić information content (AvgIpc) is 3.33. The van der Waals surface area contributed by atoms with Gasteiger partial charge in [-0.3, -0.25) is 9.59 Å². The van der Waals surface area contributed by atoms with Crippen molar-refractivity contribution in [1.82, 2.24) is 5.43 Å². The number of nitrogens with one attached hydrogen (secondary N) is 2. The molecular weight excluding hydrogens is 589 g/mol. The summed E-state index contributed by atoms with van der Waals surface area (Å²) < 4.78 is 16.5. The molecule has 1 heterocycles. The van der Waals surface area contributed by atoms with Gasteiger partial charge in [0.15, 0.2) is 11.5 Å². The number of amides is 2. The van der Waals surface area contributed by atoms with Crippen molar-refractivity contribution in [3.05, 3.63) is 73.6 Å². The molecular formula is C29H29Cl2N3O6S. The first-order valence-corrected chi connectivity index (χ1v) is 14.5. The molecule has 0 spiro atoms. The van der Waals surface area contributed by atoms with Crippen LogP contribution >= 0.6 is 34.5 Å². The number of carbonyl (C=O) groups excluding carboxylic acids is 3. The maximum atomic E-state index is 12.7. The van der Waals surface area contributed by atoms with Crippen LogP contribution in [-0.4, -0.2) is 37.2 Å². The van der Waals surface area contributed by atoms with Crippen LogP contribution in [0.1, 0.15) is 58.6 Å². The molecule has 0 unspecified atom stereocenters. The Morgan fingerprint density at radius 3 is 2.54 bits per heavy atom. The molecule has 0 aliphatic heterocycles. The Morgan fingerprint density at radius 1 is 1.02 bits per heavy atom. The molecule has 41 heavy (non-hydrogen) atoms.